The first-order chi connectivity index (χ1) is 10.1. The number of hydrogen-bond donors (Lipinski definition) is 0. The van der Waals surface area contributed by atoms with E-state index in [2.05, 4.69) is 6.92 Å². The van der Waals surface area contributed by atoms with Crippen molar-refractivity contribution >= 4 is 0 Å². The molecule has 0 saturated heterocycles. The van der Waals surface area contributed by atoms with Crippen LogP contribution in [0.15, 0.2) is 24.5 Å². The smallest absolute Gasteiger partial charge is 0.201 e. The highest BCUT2D eigenvalue weighted by molar-refractivity contribution is 5.31. The summed E-state index contributed by atoms with van der Waals surface area (Å²) in [4.78, 5) is 0. The van der Waals surface area contributed by atoms with Gasteiger partial charge in [-0.15, -0.1) is 0 Å². The Bertz CT molecular complexity index is 488. The number of benzene rings is 1. The van der Waals surface area contributed by atoms with E-state index in [1.807, 2.05) is 0 Å². The Morgan fingerprint density at radius 1 is 1.14 bits per heavy atom. The van der Waals surface area contributed by atoms with Crippen molar-refractivity contribution in [1.29, 1.82) is 0 Å². The van der Waals surface area contributed by atoms with Crippen molar-refractivity contribution in [1.82, 2.24) is 0 Å². The van der Waals surface area contributed by atoms with E-state index >= 15 is 0 Å². The van der Waals surface area contributed by atoms with Crippen molar-refractivity contribution in [3.63, 3.8) is 0 Å². The molecule has 1 aromatic rings. The third kappa shape index (κ3) is 4.29. The highest BCUT2D eigenvalue weighted by Crippen LogP contribution is 2.32. The molecule has 0 aliphatic heterocycles. The maximum absolute atomic E-state index is 14.0. The molecule has 21 heavy (non-hydrogen) atoms. The molecule has 1 fully saturated rings. The van der Waals surface area contributed by atoms with Crippen LogP contribution in [0.3, 0.4) is 0 Å². The SMILES string of the molecule is CC=COc1ccc(CCC2CCC(C)CC2)c(F)c1F. The first kappa shape index (κ1) is 16.0. The highest BCUT2D eigenvalue weighted by Gasteiger charge is 2.20. The molecule has 0 bridgehead atoms. The summed E-state index contributed by atoms with van der Waals surface area (Å²) in [5.41, 5.74) is 0.457. The molecule has 1 aliphatic rings. The van der Waals surface area contributed by atoms with Gasteiger partial charge in [0.2, 0.25) is 5.82 Å². The fourth-order valence-electron chi connectivity index (χ4n) is 2.97. The molecule has 1 aliphatic carbocycles. The van der Waals surface area contributed by atoms with Gasteiger partial charge in [-0.2, -0.15) is 4.39 Å². The van der Waals surface area contributed by atoms with Crippen LogP contribution in [0.25, 0.3) is 0 Å². The zero-order chi connectivity index (χ0) is 15.2. The summed E-state index contributed by atoms with van der Waals surface area (Å²) >= 11 is 0. The Morgan fingerprint density at radius 2 is 1.86 bits per heavy atom. The minimum Gasteiger partial charge on any atom is -0.462 e. The van der Waals surface area contributed by atoms with Gasteiger partial charge in [-0.3, -0.25) is 0 Å². The molecule has 0 unspecified atom stereocenters. The Morgan fingerprint density at radius 3 is 2.52 bits per heavy atom. The molecular weight excluding hydrogens is 270 g/mol. The molecule has 2 rings (SSSR count). The van der Waals surface area contributed by atoms with E-state index in [4.69, 9.17) is 4.74 Å². The van der Waals surface area contributed by atoms with Crippen LogP contribution in [-0.4, -0.2) is 0 Å². The number of rotatable bonds is 5. The van der Waals surface area contributed by atoms with E-state index in [9.17, 15) is 8.78 Å². The molecule has 0 heterocycles. The molecule has 0 spiro atoms. The maximum atomic E-state index is 14.0. The molecule has 0 amide bonds. The predicted octanol–water partition coefficient (Wildman–Crippen LogP) is 5.64. The Balaban J connectivity index is 1.96. The minimum atomic E-state index is -0.886. The zero-order valence-electron chi connectivity index (χ0n) is 12.9. The lowest BCUT2D eigenvalue weighted by molar-refractivity contribution is 0.277. The number of hydrogen-bond acceptors (Lipinski definition) is 1. The highest BCUT2D eigenvalue weighted by atomic mass is 19.2. The van der Waals surface area contributed by atoms with E-state index in [1.165, 1.54) is 38.0 Å². The van der Waals surface area contributed by atoms with Crippen LogP contribution in [0.2, 0.25) is 0 Å². The van der Waals surface area contributed by atoms with Gasteiger partial charge >= 0.3 is 0 Å². The molecule has 0 atom stereocenters. The van der Waals surface area contributed by atoms with E-state index < -0.39 is 11.6 Å². The quantitative estimate of drug-likeness (QED) is 0.639. The van der Waals surface area contributed by atoms with Gasteiger partial charge < -0.3 is 4.74 Å². The fourth-order valence-corrected chi connectivity index (χ4v) is 2.97. The molecule has 1 saturated carbocycles. The molecule has 0 N–H and O–H groups in total. The van der Waals surface area contributed by atoms with Crippen molar-refractivity contribution in [2.24, 2.45) is 11.8 Å². The average Bonchev–Trinajstić information content (AvgIpc) is 2.49. The van der Waals surface area contributed by atoms with Crippen LogP contribution >= 0.6 is 0 Å². The van der Waals surface area contributed by atoms with Crippen LogP contribution in [0.1, 0.15) is 51.5 Å². The summed E-state index contributed by atoms with van der Waals surface area (Å²) in [5.74, 6) is -0.231. The first-order valence-corrected chi connectivity index (χ1v) is 7.86. The van der Waals surface area contributed by atoms with Crippen LogP contribution in [0.5, 0.6) is 5.75 Å². The topological polar surface area (TPSA) is 9.23 Å². The van der Waals surface area contributed by atoms with Crippen LogP contribution in [-0.2, 0) is 6.42 Å². The Kier molecular flexibility index (Phi) is 5.77. The van der Waals surface area contributed by atoms with E-state index in [0.29, 0.717) is 17.9 Å². The van der Waals surface area contributed by atoms with Crippen molar-refractivity contribution in [3.8, 4) is 5.75 Å². The van der Waals surface area contributed by atoms with Gasteiger partial charge in [-0.1, -0.05) is 44.7 Å². The van der Waals surface area contributed by atoms with Gasteiger partial charge in [-0.05, 0) is 43.2 Å². The Labute approximate surface area is 126 Å². The molecule has 0 radical (unpaired) electrons. The predicted molar refractivity (Wildman–Crippen MR) is 81.2 cm³/mol. The zero-order valence-corrected chi connectivity index (χ0v) is 12.9. The number of aryl methyl sites for hydroxylation is 1. The van der Waals surface area contributed by atoms with Gasteiger partial charge in [0.25, 0.3) is 0 Å². The molecular formula is C18H24F2O. The fraction of sp³-hybridized carbons (Fsp3) is 0.556. The largest absolute Gasteiger partial charge is 0.462 e. The van der Waals surface area contributed by atoms with Crippen LogP contribution < -0.4 is 4.74 Å². The molecule has 1 aromatic carbocycles. The summed E-state index contributed by atoms with van der Waals surface area (Å²) in [7, 11) is 0. The summed E-state index contributed by atoms with van der Waals surface area (Å²) < 4.78 is 32.9. The molecule has 0 aromatic heterocycles. The van der Waals surface area contributed by atoms with E-state index in [-0.39, 0.29) is 5.75 Å². The summed E-state index contributed by atoms with van der Waals surface area (Å²) in [6.07, 6.45) is 9.48. The summed E-state index contributed by atoms with van der Waals surface area (Å²) in [6.45, 7) is 4.04. The van der Waals surface area contributed by atoms with Crippen molar-refractivity contribution in [2.45, 2.75) is 52.4 Å². The monoisotopic (exact) mass is 294 g/mol. The third-order valence-corrected chi connectivity index (χ3v) is 4.42. The molecule has 116 valence electrons. The maximum Gasteiger partial charge on any atom is 0.201 e. The van der Waals surface area contributed by atoms with Gasteiger partial charge in [0.15, 0.2) is 11.6 Å². The van der Waals surface area contributed by atoms with E-state index in [1.54, 1.807) is 19.1 Å². The lowest BCUT2D eigenvalue weighted by Crippen LogP contribution is -2.13. The van der Waals surface area contributed by atoms with Crippen molar-refractivity contribution in [2.75, 3.05) is 0 Å². The van der Waals surface area contributed by atoms with Gasteiger partial charge in [0, 0.05) is 0 Å². The van der Waals surface area contributed by atoms with Crippen molar-refractivity contribution in [3.05, 3.63) is 41.7 Å². The van der Waals surface area contributed by atoms with Crippen LogP contribution in [0.4, 0.5) is 8.78 Å². The lowest BCUT2D eigenvalue weighted by Gasteiger charge is -2.26. The number of allylic oxidation sites excluding steroid dienone is 1. The lowest BCUT2D eigenvalue weighted by atomic mass is 9.80. The minimum absolute atomic E-state index is 0.0548. The van der Waals surface area contributed by atoms with Gasteiger partial charge in [0.05, 0.1) is 6.26 Å². The van der Waals surface area contributed by atoms with Crippen molar-refractivity contribution < 1.29 is 13.5 Å². The molecule has 1 nitrogen and oxygen atoms in total. The van der Waals surface area contributed by atoms with E-state index in [0.717, 1.165) is 12.3 Å². The number of ether oxygens (including phenoxy) is 1. The second-order valence-corrected chi connectivity index (χ2v) is 6.10. The number of halogens is 2. The molecule has 3 heteroatoms. The second kappa shape index (κ2) is 7.58. The average molecular weight is 294 g/mol. The summed E-state index contributed by atoms with van der Waals surface area (Å²) in [6, 6.07) is 3.15. The third-order valence-electron chi connectivity index (χ3n) is 4.42. The van der Waals surface area contributed by atoms with Gasteiger partial charge in [0.1, 0.15) is 0 Å². The normalized spacial score (nSPS) is 22.7. The first-order valence-electron chi connectivity index (χ1n) is 7.86. The Hall–Kier alpha value is -1.38. The standard InChI is InChI=1S/C18H24F2O/c1-3-12-21-16-11-10-15(17(19)18(16)20)9-8-14-6-4-13(2)5-7-14/h3,10-14H,4-9H2,1-2H3. The van der Waals surface area contributed by atoms with Crippen LogP contribution in [0, 0.1) is 23.5 Å². The van der Waals surface area contributed by atoms with Gasteiger partial charge in [-0.25, -0.2) is 4.39 Å². The summed E-state index contributed by atoms with van der Waals surface area (Å²) in [5, 5.41) is 0. The second-order valence-electron chi connectivity index (χ2n) is 6.10.